The number of H-pyrrole nitrogens is 1. The summed E-state index contributed by atoms with van der Waals surface area (Å²) < 4.78 is 0. The highest BCUT2D eigenvalue weighted by atomic mass is 16.2. The number of benzene rings is 1. The lowest BCUT2D eigenvalue weighted by Gasteiger charge is -1.99. The van der Waals surface area contributed by atoms with Gasteiger partial charge in [0.25, 0.3) is 0 Å². The van der Waals surface area contributed by atoms with Crippen LogP contribution in [-0.2, 0) is 4.79 Å². The third-order valence-corrected chi connectivity index (χ3v) is 2.59. The zero-order valence-electron chi connectivity index (χ0n) is 9.91. The largest absolute Gasteiger partial charge is 0.342 e. The van der Waals surface area contributed by atoms with E-state index in [1.54, 1.807) is 18.2 Å². The van der Waals surface area contributed by atoms with Crippen molar-refractivity contribution in [1.82, 2.24) is 9.97 Å². The Labute approximate surface area is 99.1 Å². The normalized spacial score (nSPS) is 10.7. The van der Waals surface area contributed by atoms with Crippen LogP contribution in [0.3, 0.4) is 0 Å². The van der Waals surface area contributed by atoms with Crippen molar-refractivity contribution < 1.29 is 9.59 Å². The Bertz CT molecular complexity index is 584. The second-order valence-electron chi connectivity index (χ2n) is 4.06. The maximum atomic E-state index is 11.8. The Balaban J connectivity index is 2.35. The quantitative estimate of drug-likeness (QED) is 0.648. The molecule has 0 bridgehead atoms. The third kappa shape index (κ3) is 2.25. The van der Waals surface area contributed by atoms with Gasteiger partial charge in [-0.2, -0.15) is 0 Å². The number of rotatable bonds is 4. The number of aromatic amines is 1. The summed E-state index contributed by atoms with van der Waals surface area (Å²) in [7, 11) is 0. The molecule has 2 rings (SSSR count). The van der Waals surface area contributed by atoms with Crippen LogP contribution < -0.4 is 0 Å². The number of nitrogens with one attached hydrogen (secondary N) is 1. The zero-order valence-corrected chi connectivity index (χ0v) is 9.91. The molecule has 2 aromatic rings. The van der Waals surface area contributed by atoms with E-state index in [-0.39, 0.29) is 5.78 Å². The standard InChI is InChI=1S/C13H14N2O2/c1-3-4-12(16)13(17)9-5-6-10-11(7-9)15-8(2)14-10/h5-7H,3-4H2,1-2H3,(H,14,15). The molecule has 0 fully saturated rings. The molecule has 1 heterocycles. The van der Waals surface area contributed by atoms with Gasteiger partial charge >= 0.3 is 0 Å². The lowest BCUT2D eigenvalue weighted by atomic mass is 10.0. The predicted molar refractivity (Wildman–Crippen MR) is 65.1 cm³/mol. The molecule has 0 saturated heterocycles. The molecule has 4 nitrogen and oxygen atoms in total. The van der Waals surface area contributed by atoms with Crippen molar-refractivity contribution in [2.45, 2.75) is 26.7 Å². The molecule has 17 heavy (non-hydrogen) atoms. The Morgan fingerprint density at radius 3 is 2.82 bits per heavy atom. The minimum absolute atomic E-state index is 0.304. The van der Waals surface area contributed by atoms with Gasteiger partial charge in [0.2, 0.25) is 11.6 Å². The molecule has 0 atom stereocenters. The van der Waals surface area contributed by atoms with Crippen molar-refractivity contribution >= 4 is 22.6 Å². The molecule has 0 aliphatic rings. The van der Waals surface area contributed by atoms with E-state index >= 15 is 0 Å². The first-order chi connectivity index (χ1) is 8.11. The van der Waals surface area contributed by atoms with Crippen LogP contribution in [0.1, 0.15) is 35.9 Å². The van der Waals surface area contributed by atoms with Gasteiger partial charge in [0.15, 0.2) is 0 Å². The molecule has 0 radical (unpaired) electrons. The number of Topliss-reactive ketones (excluding diaryl/α,β-unsaturated/α-hetero) is 2. The van der Waals surface area contributed by atoms with Crippen LogP contribution in [-0.4, -0.2) is 21.5 Å². The molecular weight excluding hydrogens is 216 g/mol. The number of aromatic nitrogens is 2. The van der Waals surface area contributed by atoms with E-state index in [1.807, 2.05) is 13.8 Å². The van der Waals surface area contributed by atoms with E-state index in [1.165, 1.54) is 0 Å². The van der Waals surface area contributed by atoms with E-state index in [0.717, 1.165) is 16.9 Å². The first-order valence-electron chi connectivity index (χ1n) is 5.65. The van der Waals surface area contributed by atoms with E-state index in [4.69, 9.17) is 0 Å². The van der Waals surface area contributed by atoms with Gasteiger partial charge in [-0.1, -0.05) is 6.92 Å². The fourth-order valence-electron chi connectivity index (χ4n) is 1.78. The van der Waals surface area contributed by atoms with Crippen LogP contribution in [0.5, 0.6) is 0 Å². The van der Waals surface area contributed by atoms with Crippen molar-refractivity contribution in [3.05, 3.63) is 29.6 Å². The van der Waals surface area contributed by atoms with Crippen molar-refractivity contribution in [3.63, 3.8) is 0 Å². The Kier molecular flexibility index (Phi) is 3.04. The molecule has 1 aromatic heterocycles. The number of carbonyl (C=O) groups is 2. The van der Waals surface area contributed by atoms with Gasteiger partial charge < -0.3 is 4.98 Å². The molecule has 0 spiro atoms. The molecule has 1 N–H and O–H groups in total. The number of imidazole rings is 1. The molecule has 88 valence electrons. The van der Waals surface area contributed by atoms with Crippen LogP contribution in [0.25, 0.3) is 11.0 Å². The third-order valence-electron chi connectivity index (χ3n) is 2.59. The number of hydrogen-bond acceptors (Lipinski definition) is 3. The van der Waals surface area contributed by atoms with E-state index in [0.29, 0.717) is 18.4 Å². The average Bonchev–Trinajstić information content (AvgIpc) is 2.67. The first kappa shape index (κ1) is 11.5. The minimum Gasteiger partial charge on any atom is -0.342 e. The minimum atomic E-state index is -0.416. The van der Waals surface area contributed by atoms with Gasteiger partial charge in [0.1, 0.15) is 5.82 Å². The predicted octanol–water partition coefficient (Wildman–Crippen LogP) is 2.42. The highest BCUT2D eigenvalue weighted by Crippen LogP contribution is 2.14. The summed E-state index contributed by atoms with van der Waals surface area (Å²) in [6.07, 6.45) is 0.995. The van der Waals surface area contributed by atoms with Crippen LogP contribution in [0.15, 0.2) is 18.2 Å². The topological polar surface area (TPSA) is 62.8 Å². The van der Waals surface area contributed by atoms with Crippen LogP contribution in [0.2, 0.25) is 0 Å². The molecule has 0 amide bonds. The maximum absolute atomic E-state index is 11.8. The van der Waals surface area contributed by atoms with Crippen molar-refractivity contribution in [2.24, 2.45) is 0 Å². The van der Waals surface area contributed by atoms with Crippen molar-refractivity contribution in [3.8, 4) is 0 Å². The van der Waals surface area contributed by atoms with Gasteiger partial charge in [-0.3, -0.25) is 9.59 Å². The number of hydrogen-bond donors (Lipinski definition) is 1. The smallest absolute Gasteiger partial charge is 0.228 e. The number of nitrogens with zero attached hydrogens (tertiary/aromatic N) is 1. The molecule has 0 saturated carbocycles. The summed E-state index contributed by atoms with van der Waals surface area (Å²) in [5, 5.41) is 0. The van der Waals surface area contributed by atoms with Crippen molar-refractivity contribution in [2.75, 3.05) is 0 Å². The van der Waals surface area contributed by atoms with Gasteiger partial charge in [-0.25, -0.2) is 4.98 Å². The zero-order chi connectivity index (χ0) is 12.4. The van der Waals surface area contributed by atoms with Gasteiger partial charge in [0, 0.05) is 12.0 Å². The highest BCUT2D eigenvalue weighted by Gasteiger charge is 2.15. The lowest BCUT2D eigenvalue weighted by Crippen LogP contribution is -2.13. The maximum Gasteiger partial charge on any atom is 0.228 e. The second kappa shape index (κ2) is 4.49. The number of carbonyl (C=O) groups excluding carboxylic acids is 2. The van der Waals surface area contributed by atoms with Gasteiger partial charge in [0.05, 0.1) is 11.0 Å². The SMILES string of the molecule is CCCC(=O)C(=O)c1ccc2nc(C)[nH]c2c1. The number of ketones is 2. The number of fused-ring (bicyclic) bond motifs is 1. The van der Waals surface area contributed by atoms with E-state index < -0.39 is 5.78 Å². The molecule has 0 aliphatic carbocycles. The summed E-state index contributed by atoms with van der Waals surface area (Å²) in [5.74, 6) is 0.0496. The molecule has 1 aromatic carbocycles. The summed E-state index contributed by atoms with van der Waals surface area (Å²) in [4.78, 5) is 30.6. The molecular formula is C13H14N2O2. The summed E-state index contributed by atoms with van der Waals surface area (Å²) in [5.41, 5.74) is 2.03. The average molecular weight is 230 g/mol. The van der Waals surface area contributed by atoms with E-state index in [2.05, 4.69) is 9.97 Å². The fraction of sp³-hybridized carbons (Fsp3) is 0.308. The number of aryl methyl sites for hydroxylation is 1. The summed E-state index contributed by atoms with van der Waals surface area (Å²) in [6.45, 7) is 3.73. The summed E-state index contributed by atoms with van der Waals surface area (Å²) in [6, 6.07) is 5.09. The van der Waals surface area contributed by atoms with Crippen molar-refractivity contribution in [1.29, 1.82) is 0 Å². The Morgan fingerprint density at radius 1 is 1.35 bits per heavy atom. The molecule has 0 unspecified atom stereocenters. The molecule has 0 aliphatic heterocycles. The van der Waals surface area contributed by atoms with Crippen LogP contribution >= 0.6 is 0 Å². The van der Waals surface area contributed by atoms with Gasteiger partial charge in [-0.15, -0.1) is 0 Å². The Morgan fingerprint density at radius 2 is 2.12 bits per heavy atom. The highest BCUT2D eigenvalue weighted by molar-refractivity contribution is 6.43. The fourth-order valence-corrected chi connectivity index (χ4v) is 1.78. The molecule has 4 heteroatoms. The Hall–Kier alpha value is -1.97. The van der Waals surface area contributed by atoms with Gasteiger partial charge in [-0.05, 0) is 31.5 Å². The second-order valence-corrected chi connectivity index (χ2v) is 4.06. The lowest BCUT2D eigenvalue weighted by molar-refractivity contribution is -0.115. The van der Waals surface area contributed by atoms with Crippen LogP contribution in [0.4, 0.5) is 0 Å². The monoisotopic (exact) mass is 230 g/mol. The first-order valence-corrected chi connectivity index (χ1v) is 5.65. The van der Waals surface area contributed by atoms with E-state index in [9.17, 15) is 9.59 Å². The summed E-state index contributed by atoms with van der Waals surface area (Å²) >= 11 is 0. The van der Waals surface area contributed by atoms with Crippen LogP contribution in [0, 0.1) is 6.92 Å².